The number of hydrogen-bond acceptors (Lipinski definition) is 32. The molecule has 6 aromatic rings. The maximum atomic E-state index is 16.4. The Bertz CT molecular complexity index is 5180. The first-order valence-corrected chi connectivity index (χ1v) is 43.7. The van der Waals surface area contributed by atoms with Crippen LogP contribution in [0.4, 0.5) is 0 Å². The molecule has 6 aliphatic heterocycles. The van der Waals surface area contributed by atoms with Crippen molar-refractivity contribution in [3.63, 3.8) is 0 Å². The molecule has 7 aliphatic rings. The number of halogens is 2. The highest BCUT2D eigenvalue weighted by molar-refractivity contribution is 6.32. The largest absolute Gasteiger partial charge is 0.507 e. The van der Waals surface area contributed by atoms with Gasteiger partial charge in [0, 0.05) is 48.3 Å². The molecule has 0 aromatic heterocycles. The molecule has 1 saturated carbocycles. The average molecular weight is 1890 g/mol. The number of aliphatic hydroxyl groups is 11. The SMILES string of the molecule is CCCCOc1ccc(CNC2(C)C[C@H](OCC3(O)C[C@H](Oc4c5cc6cc4Oc4ccc(cc4Cl)[C@@H](O)[C@@H](NC(=O)[C@@H](CC(C)C)NC)C(=O)NC(CC(N)=O)C(=O)N[C@H]6C(=O)N[C@H]4C(=O)N[C@H](C(=O)N[C@H](C(=O)O)c6cc(O)c(CNCCCNC(=O)[C@H](O)[C@@H](O)[C@H](O)[C@H](O)CO)c(O)c6-c6cc4ccc6O)[C@H](O)c4ccc(c(Cl)c4)O5)O[C@H](CO)C3O)C[C@@H](C)[C@H]2O)cc1. The molecule has 11 bridgehead atoms. The van der Waals surface area contributed by atoms with Crippen LogP contribution in [0.15, 0.2) is 97.1 Å². The Hall–Kier alpha value is -10.9. The number of unbranched alkanes of at least 4 members (excludes halogenated alkanes) is 1. The summed E-state index contributed by atoms with van der Waals surface area (Å²) >= 11 is 14.3. The smallest absolute Gasteiger partial charge is 0.330 e. The Labute approximate surface area is 767 Å². The molecule has 6 heterocycles. The molecule has 6 aromatic carbocycles. The van der Waals surface area contributed by atoms with Gasteiger partial charge in [0.1, 0.15) is 113 Å². The summed E-state index contributed by atoms with van der Waals surface area (Å²) < 4.78 is 38.9. The van der Waals surface area contributed by atoms with Gasteiger partial charge in [0.15, 0.2) is 23.6 Å². The fourth-order valence-corrected chi connectivity index (χ4v) is 16.9. The first kappa shape index (κ1) is 102. The van der Waals surface area contributed by atoms with E-state index in [1.807, 2.05) is 52.0 Å². The third kappa shape index (κ3) is 23.8. The lowest BCUT2D eigenvalue weighted by Gasteiger charge is -2.48. The maximum Gasteiger partial charge on any atom is 0.330 e. The van der Waals surface area contributed by atoms with Crippen LogP contribution in [0.2, 0.25) is 10.0 Å². The second-order valence-corrected chi connectivity index (χ2v) is 35.0. The molecule has 1 aliphatic carbocycles. The number of rotatable bonds is 32. The van der Waals surface area contributed by atoms with Crippen LogP contribution in [0.25, 0.3) is 11.1 Å². The average Bonchev–Trinajstić information content (AvgIpc) is 0.755. The summed E-state index contributed by atoms with van der Waals surface area (Å²) in [4.78, 5) is 132. The Kier molecular flexibility index (Phi) is 34.1. The number of primary amides is 1. The summed E-state index contributed by atoms with van der Waals surface area (Å²) in [6.07, 6.45) is -19.5. The number of carboxylic acids is 1. The summed E-state index contributed by atoms with van der Waals surface area (Å²) in [6, 6.07) is 5.37. The van der Waals surface area contributed by atoms with Gasteiger partial charge < -0.3 is 164 Å². The number of carboxylic acid groups (broad SMARTS) is 1. The van der Waals surface area contributed by atoms with Crippen LogP contribution in [0.1, 0.15) is 155 Å². The third-order valence-corrected chi connectivity index (χ3v) is 24.4. The lowest BCUT2D eigenvalue weighted by atomic mass is 9.73. The van der Waals surface area contributed by atoms with Gasteiger partial charge in [-0.3, -0.25) is 38.4 Å². The third-order valence-electron chi connectivity index (χ3n) is 23.9. The number of likely N-dealkylation sites (N-methyl/N-ethyl adjacent to an activating group) is 1. The monoisotopic (exact) mass is 1890 g/mol. The standard InChI is InChI=1S/C89H113Cl2N11O30/c1-7-8-22-127-46-15-10-41(11-16-46)34-96-88(5)32-47(24-40(4)78(88)115)128-38-89(126)33-64(131-62(37-104)79(89)116)132-77-60-28-45-29-61(77)130-59-19-14-44(27-52(59)91)72(110)70-85(122)100-68(87(124)125)49-30-56(106)50(35-94-20-9-21-95-86(123)76(114)75(113)74(112)57(107)36-103)73(111)65(49)48-25-42(12-17-55(48)105)66(82(119)102-70)99-83(120)67(45)98-81(118)54(31-63(92)108)97-84(121)69(101-80(117)53(93-6)23-39(2)3)71(109)43-13-18-58(129-60)51(90)26-43/h10-19,25-30,39-40,47,53-54,57,62,64,66-72,74-76,78-79,93-94,96,103-107,109-116,126H,7-9,20-24,31-38H2,1-6H3,(H2,92,108)(H,95,123)(H,97,121)(H,98,118)(H,99,120)(H,100,122)(H,101,117)(H,102,119)(H,124,125)/t40-,47-,53-,54?,57-,62-,64+,66-,67-,68+,69-,70+,71-,72-,74-,75+,76-,78-,79?,88?,89?/m1/s1. The zero-order valence-corrected chi connectivity index (χ0v) is 74.3. The van der Waals surface area contributed by atoms with Gasteiger partial charge in [-0.05, 0) is 159 Å². The number of benzene rings is 6. The van der Waals surface area contributed by atoms with Crippen LogP contribution >= 0.6 is 23.2 Å². The van der Waals surface area contributed by atoms with Crippen molar-refractivity contribution in [1.82, 2.24) is 53.2 Å². The predicted octanol–water partition coefficient (Wildman–Crippen LogP) is 0.203. The Morgan fingerprint density at radius 2 is 1.33 bits per heavy atom. The molecular formula is C89H113Cl2N11O30. The topological polar surface area (TPSA) is 659 Å². The van der Waals surface area contributed by atoms with Gasteiger partial charge in [0.25, 0.3) is 5.91 Å². The highest BCUT2D eigenvalue weighted by Gasteiger charge is 2.53. The molecule has 718 valence electrons. The van der Waals surface area contributed by atoms with Crippen LogP contribution in [0.3, 0.4) is 0 Å². The number of nitrogens with one attached hydrogen (secondary N) is 10. The molecule has 132 heavy (non-hydrogen) atoms. The predicted molar refractivity (Wildman–Crippen MR) is 467 cm³/mol. The minimum Gasteiger partial charge on any atom is -0.507 e. The second kappa shape index (κ2) is 44.3. The molecule has 0 spiro atoms. The van der Waals surface area contributed by atoms with Crippen LogP contribution in [0, 0.1) is 11.8 Å². The van der Waals surface area contributed by atoms with E-state index in [-0.39, 0.29) is 66.6 Å². The number of fused-ring (bicyclic) bond motifs is 15. The number of aliphatic hydroxyl groups excluding tert-OH is 10. The number of phenolic OH excluding ortho intramolecular Hbond substituents is 3. The summed E-state index contributed by atoms with van der Waals surface area (Å²) in [7, 11) is 1.46. The first-order valence-electron chi connectivity index (χ1n) is 42.9. The van der Waals surface area contributed by atoms with Crippen molar-refractivity contribution in [3.05, 3.63) is 146 Å². The van der Waals surface area contributed by atoms with Gasteiger partial charge in [-0.1, -0.05) is 87.6 Å². The lowest BCUT2D eigenvalue weighted by Crippen LogP contribution is -2.63. The van der Waals surface area contributed by atoms with Crippen LogP contribution in [-0.4, -0.2) is 267 Å². The van der Waals surface area contributed by atoms with E-state index in [9.17, 15) is 90.7 Å². The normalized spacial score (nSPS) is 26.2. The van der Waals surface area contributed by atoms with E-state index in [2.05, 4.69) is 60.1 Å². The molecule has 0 radical (unpaired) electrons. The number of hydrogen-bond donors (Lipinski definition) is 26. The highest BCUT2D eigenvalue weighted by Crippen LogP contribution is 2.51. The van der Waals surface area contributed by atoms with Gasteiger partial charge in [-0.25, -0.2) is 4.79 Å². The minimum atomic E-state index is -2.41. The Morgan fingerprint density at radius 3 is 1.94 bits per heavy atom. The van der Waals surface area contributed by atoms with Crippen molar-refractivity contribution in [2.24, 2.45) is 17.6 Å². The summed E-state index contributed by atoms with van der Waals surface area (Å²) in [5, 5.41) is 195. The number of carbonyl (C=O) groups is 9. The van der Waals surface area contributed by atoms with Crippen LogP contribution in [-0.2, 0) is 65.7 Å². The van der Waals surface area contributed by atoms with Crippen LogP contribution in [0.5, 0.6) is 51.7 Å². The molecule has 21 atom stereocenters. The Balaban J connectivity index is 1.04. The van der Waals surface area contributed by atoms with Gasteiger partial charge in [-0.2, -0.15) is 0 Å². The molecule has 13 rings (SSSR count). The number of phenols is 3. The molecule has 8 amide bonds. The first-order chi connectivity index (χ1) is 62.6. The summed E-state index contributed by atoms with van der Waals surface area (Å²) in [5.74, 6) is -17.6. The summed E-state index contributed by atoms with van der Waals surface area (Å²) in [6.45, 7) is 6.64. The van der Waals surface area contributed by atoms with Crippen molar-refractivity contribution in [2.75, 3.05) is 46.6 Å². The minimum absolute atomic E-state index is 0.0120. The van der Waals surface area contributed by atoms with E-state index < -0.39 is 298 Å². The van der Waals surface area contributed by atoms with Gasteiger partial charge in [0.05, 0.1) is 66.7 Å². The lowest BCUT2D eigenvalue weighted by molar-refractivity contribution is -0.279. The molecule has 41 nitrogen and oxygen atoms in total. The maximum absolute atomic E-state index is 16.4. The number of nitrogens with two attached hydrogens (primary N) is 1. The Morgan fingerprint density at radius 1 is 0.689 bits per heavy atom. The van der Waals surface area contributed by atoms with E-state index in [1.165, 1.54) is 19.2 Å². The van der Waals surface area contributed by atoms with E-state index in [4.69, 9.17) is 62.5 Å². The number of amides is 8. The highest BCUT2D eigenvalue weighted by atomic mass is 35.5. The number of aliphatic carboxylic acids is 1. The number of ether oxygens (including phenoxy) is 6. The fraction of sp³-hybridized carbons (Fsp3) is 0.494. The van der Waals surface area contributed by atoms with Crippen molar-refractivity contribution in [1.29, 1.82) is 0 Å². The number of carbonyl (C=O) groups excluding carboxylic acids is 8. The van der Waals surface area contributed by atoms with Gasteiger partial charge in [-0.15, -0.1) is 0 Å². The molecule has 4 unspecified atom stereocenters. The molecule has 1 saturated heterocycles. The van der Waals surface area contributed by atoms with Crippen molar-refractivity contribution < 1.29 is 148 Å². The van der Waals surface area contributed by atoms with E-state index in [0.29, 0.717) is 18.9 Å². The van der Waals surface area contributed by atoms with Gasteiger partial charge >= 0.3 is 5.97 Å². The molecular weight excluding hydrogens is 1770 g/mol. The van der Waals surface area contributed by atoms with E-state index in [0.717, 1.165) is 79.1 Å². The van der Waals surface area contributed by atoms with Crippen molar-refractivity contribution >= 4 is 76.4 Å². The quantitative estimate of drug-likeness (QED) is 0.0251. The summed E-state index contributed by atoms with van der Waals surface area (Å²) in [5.41, 5.74) is -0.490. The second-order valence-electron chi connectivity index (χ2n) is 34.2. The van der Waals surface area contributed by atoms with Crippen LogP contribution < -0.4 is 77.8 Å². The molecule has 43 heteroatoms. The van der Waals surface area contributed by atoms with E-state index >= 15 is 24.0 Å². The fourth-order valence-electron chi connectivity index (χ4n) is 16.4. The zero-order chi connectivity index (χ0) is 96.2. The number of aromatic hydroxyl groups is 3. The van der Waals surface area contributed by atoms with Crippen molar-refractivity contribution in [3.8, 4) is 62.9 Å². The van der Waals surface area contributed by atoms with Gasteiger partial charge in [0.2, 0.25) is 53.4 Å². The van der Waals surface area contributed by atoms with E-state index in [1.54, 1.807) is 0 Å². The zero-order valence-electron chi connectivity index (χ0n) is 72.8. The molecule has 2 fully saturated rings. The molecule has 27 N–H and O–H groups in total. The van der Waals surface area contributed by atoms with Crippen molar-refractivity contribution in [2.45, 2.75) is 220 Å².